The molecule has 3 rings (SSSR count). The van der Waals surface area contributed by atoms with Crippen LogP contribution in [0.1, 0.15) is 25.3 Å². The predicted octanol–water partition coefficient (Wildman–Crippen LogP) is 1.54. The fraction of sp³-hybridized carbons (Fsp3) is 0.389. The summed E-state index contributed by atoms with van der Waals surface area (Å²) in [5, 5.41) is 7.26. The van der Waals surface area contributed by atoms with E-state index in [0.29, 0.717) is 6.42 Å². The van der Waals surface area contributed by atoms with E-state index in [1.807, 2.05) is 41.4 Å². The van der Waals surface area contributed by atoms with Crippen LogP contribution in [0, 0.1) is 0 Å². The molecule has 1 aromatic carbocycles. The highest BCUT2D eigenvalue weighted by Crippen LogP contribution is 2.12. The van der Waals surface area contributed by atoms with E-state index in [4.69, 9.17) is 0 Å². The molecule has 0 spiro atoms. The van der Waals surface area contributed by atoms with Crippen molar-refractivity contribution in [1.29, 1.82) is 0 Å². The number of carbonyl (C=O) groups excluding carboxylic acids is 2. The number of nitrogens with one attached hydrogen (secondary N) is 1. The maximum Gasteiger partial charge on any atom is 0.224 e. The molecule has 6 heteroatoms. The molecular formula is C18H22N4O2. The summed E-state index contributed by atoms with van der Waals surface area (Å²) in [6.07, 6.45) is 5.63. The molecule has 24 heavy (non-hydrogen) atoms. The van der Waals surface area contributed by atoms with Crippen LogP contribution >= 0.6 is 0 Å². The Balaban J connectivity index is 1.49. The molecule has 1 aromatic heterocycles. The second kappa shape index (κ2) is 7.29. The van der Waals surface area contributed by atoms with Gasteiger partial charge in [-0.15, -0.1) is 0 Å². The van der Waals surface area contributed by atoms with Gasteiger partial charge in [0.15, 0.2) is 0 Å². The molecule has 126 valence electrons. The van der Waals surface area contributed by atoms with E-state index in [-0.39, 0.29) is 17.9 Å². The molecule has 1 N–H and O–H groups in total. The second-order valence-electron chi connectivity index (χ2n) is 6.14. The van der Waals surface area contributed by atoms with Gasteiger partial charge in [0.1, 0.15) is 0 Å². The molecule has 0 saturated carbocycles. The van der Waals surface area contributed by atoms with Gasteiger partial charge in [-0.3, -0.25) is 9.59 Å². The van der Waals surface area contributed by atoms with E-state index in [1.165, 1.54) is 0 Å². The van der Waals surface area contributed by atoms with Crippen LogP contribution in [0.2, 0.25) is 0 Å². The van der Waals surface area contributed by atoms with Crippen LogP contribution in [0.4, 0.5) is 0 Å². The Hall–Kier alpha value is -2.63. The third kappa shape index (κ3) is 4.01. The summed E-state index contributed by atoms with van der Waals surface area (Å²) in [5.41, 5.74) is 1.95. The summed E-state index contributed by atoms with van der Waals surface area (Å²) in [4.78, 5) is 25.3. The van der Waals surface area contributed by atoms with Gasteiger partial charge in [0.25, 0.3) is 0 Å². The fourth-order valence-corrected chi connectivity index (χ4v) is 2.99. The lowest BCUT2D eigenvalue weighted by Crippen LogP contribution is -2.46. The molecular weight excluding hydrogens is 304 g/mol. The molecule has 1 fully saturated rings. The number of nitrogens with zero attached hydrogens (tertiary/aromatic N) is 3. The summed E-state index contributed by atoms with van der Waals surface area (Å²) < 4.78 is 1.78. The smallest absolute Gasteiger partial charge is 0.224 e. The third-order valence-electron chi connectivity index (χ3n) is 4.38. The maximum absolute atomic E-state index is 12.2. The van der Waals surface area contributed by atoms with E-state index >= 15 is 0 Å². The first kappa shape index (κ1) is 16.2. The SMILES string of the molecule is CC(=O)N1CCC(NC(=O)Cc2ccc(-n3cccn3)cc2)CC1. The van der Waals surface area contributed by atoms with E-state index in [0.717, 1.165) is 37.2 Å². The second-order valence-corrected chi connectivity index (χ2v) is 6.14. The Bertz CT molecular complexity index is 686. The normalized spacial score (nSPS) is 15.3. The zero-order chi connectivity index (χ0) is 16.9. The Kier molecular flexibility index (Phi) is 4.93. The molecule has 2 aromatic rings. The average Bonchev–Trinajstić information content (AvgIpc) is 3.10. The molecule has 1 aliphatic rings. The number of aromatic nitrogens is 2. The zero-order valence-electron chi connectivity index (χ0n) is 13.8. The molecule has 1 saturated heterocycles. The van der Waals surface area contributed by atoms with Crippen molar-refractivity contribution in [2.75, 3.05) is 13.1 Å². The Morgan fingerprint density at radius 2 is 1.92 bits per heavy atom. The highest BCUT2D eigenvalue weighted by atomic mass is 16.2. The van der Waals surface area contributed by atoms with Crippen molar-refractivity contribution in [2.45, 2.75) is 32.2 Å². The highest BCUT2D eigenvalue weighted by Gasteiger charge is 2.21. The molecule has 2 heterocycles. The number of likely N-dealkylation sites (tertiary alicyclic amines) is 1. The summed E-state index contributed by atoms with van der Waals surface area (Å²) in [7, 11) is 0. The van der Waals surface area contributed by atoms with Crippen LogP contribution < -0.4 is 5.32 Å². The summed E-state index contributed by atoms with van der Waals surface area (Å²) >= 11 is 0. The minimum absolute atomic E-state index is 0.0307. The van der Waals surface area contributed by atoms with E-state index in [2.05, 4.69) is 10.4 Å². The number of amides is 2. The van der Waals surface area contributed by atoms with Gasteiger partial charge in [-0.05, 0) is 36.6 Å². The third-order valence-corrected chi connectivity index (χ3v) is 4.38. The lowest BCUT2D eigenvalue weighted by molar-refractivity contribution is -0.130. The topological polar surface area (TPSA) is 67.2 Å². The quantitative estimate of drug-likeness (QED) is 0.927. The van der Waals surface area contributed by atoms with Crippen LogP contribution in [-0.4, -0.2) is 45.6 Å². The van der Waals surface area contributed by atoms with Crippen LogP contribution in [0.25, 0.3) is 5.69 Å². The highest BCUT2D eigenvalue weighted by molar-refractivity contribution is 5.79. The number of piperidine rings is 1. The molecule has 2 amide bonds. The Labute approximate surface area is 141 Å². The molecule has 0 radical (unpaired) electrons. The number of hydrogen-bond acceptors (Lipinski definition) is 3. The van der Waals surface area contributed by atoms with Gasteiger partial charge in [0.05, 0.1) is 12.1 Å². The van der Waals surface area contributed by atoms with Gasteiger partial charge in [-0.2, -0.15) is 5.10 Å². The van der Waals surface area contributed by atoms with Crippen LogP contribution in [0.5, 0.6) is 0 Å². The zero-order valence-corrected chi connectivity index (χ0v) is 13.8. The minimum atomic E-state index is 0.0307. The predicted molar refractivity (Wildman–Crippen MR) is 90.7 cm³/mol. The molecule has 0 bridgehead atoms. The molecule has 0 unspecified atom stereocenters. The van der Waals surface area contributed by atoms with Crippen molar-refractivity contribution in [3.63, 3.8) is 0 Å². The van der Waals surface area contributed by atoms with Crippen molar-refractivity contribution in [3.05, 3.63) is 48.3 Å². The van der Waals surface area contributed by atoms with Crippen LogP contribution in [0.15, 0.2) is 42.7 Å². The first-order valence-electron chi connectivity index (χ1n) is 8.25. The molecule has 1 aliphatic heterocycles. The van der Waals surface area contributed by atoms with E-state index < -0.39 is 0 Å². The van der Waals surface area contributed by atoms with Crippen LogP contribution in [-0.2, 0) is 16.0 Å². The fourth-order valence-electron chi connectivity index (χ4n) is 2.99. The first-order valence-corrected chi connectivity index (χ1v) is 8.25. The van der Waals surface area contributed by atoms with Crippen molar-refractivity contribution in [2.24, 2.45) is 0 Å². The van der Waals surface area contributed by atoms with Crippen molar-refractivity contribution < 1.29 is 9.59 Å². The average molecular weight is 326 g/mol. The summed E-state index contributed by atoms with van der Waals surface area (Å²) in [6.45, 7) is 3.03. The van der Waals surface area contributed by atoms with Crippen molar-refractivity contribution in [1.82, 2.24) is 20.0 Å². The van der Waals surface area contributed by atoms with Gasteiger partial charge in [-0.25, -0.2) is 4.68 Å². The molecule has 6 nitrogen and oxygen atoms in total. The monoisotopic (exact) mass is 326 g/mol. The van der Waals surface area contributed by atoms with Gasteiger partial charge >= 0.3 is 0 Å². The van der Waals surface area contributed by atoms with Gasteiger partial charge in [0.2, 0.25) is 11.8 Å². The largest absolute Gasteiger partial charge is 0.353 e. The summed E-state index contributed by atoms with van der Waals surface area (Å²) in [5.74, 6) is 0.139. The number of benzene rings is 1. The van der Waals surface area contributed by atoms with Crippen LogP contribution in [0.3, 0.4) is 0 Å². The van der Waals surface area contributed by atoms with Gasteiger partial charge in [-0.1, -0.05) is 12.1 Å². The Morgan fingerprint density at radius 3 is 2.50 bits per heavy atom. The van der Waals surface area contributed by atoms with E-state index in [1.54, 1.807) is 17.8 Å². The number of rotatable bonds is 4. The van der Waals surface area contributed by atoms with Crippen molar-refractivity contribution in [3.8, 4) is 5.69 Å². The van der Waals surface area contributed by atoms with E-state index in [9.17, 15) is 9.59 Å². The Morgan fingerprint density at radius 1 is 1.21 bits per heavy atom. The number of hydrogen-bond donors (Lipinski definition) is 1. The van der Waals surface area contributed by atoms with Gasteiger partial charge < -0.3 is 10.2 Å². The minimum Gasteiger partial charge on any atom is -0.353 e. The standard InChI is InChI=1S/C18H22N4O2/c1-14(23)21-11-7-16(8-12-21)20-18(24)13-15-3-5-17(6-4-15)22-10-2-9-19-22/h2-6,9-10,16H,7-8,11-13H2,1H3,(H,20,24). The summed E-state index contributed by atoms with van der Waals surface area (Å²) in [6, 6.07) is 9.86. The van der Waals surface area contributed by atoms with Gasteiger partial charge in [0, 0.05) is 38.4 Å². The lowest BCUT2D eigenvalue weighted by Gasteiger charge is -2.31. The molecule has 0 atom stereocenters. The number of carbonyl (C=O) groups is 2. The maximum atomic E-state index is 12.2. The first-order chi connectivity index (χ1) is 11.6. The van der Waals surface area contributed by atoms with Crippen molar-refractivity contribution >= 4 is 11.8 Å². The lowest BCUT2D eigenvalue weighted by atomic mass is 10.0. The molecule has 0 aliphatic carbocycles.